The van der Waals surface area contributed by atoms with Crippen LogP contribution in [0.4, 0.5) is 5.69 Å². The molecule has 2 bridgehead atoms. The maximum Gasteiger partial charge on any atom is 0.247 e. The van der Waals surface area contributed by atoms with Gasteiger partial charge < -0.3 is 19.8 Å². The standard InChI is InChI=1S/C33H47N3O4S/c1-7-18-34(24-16-12-11-13-17-24)29(38)26-25-22-23(3)33(41-25)27(26)30(39)35(20-14-9-10-15-21-37)28(33)31(40)36(19-8-2)32(4,5)6/h7-8,11-13,16-17,23,25-28,37H,1-2,9-10,14-15,18-22H2,3-6H3/t23?,25-,26+,27-,28?,33?/m0/s1. The predicted molar refractivity (Wildman–Crippen MR) is 167 cm³/mol. The Kier molecular flexibility index (Phi) is 9.74. The molecule has 41 heavy (non-hydrogen) atoms. The Morgan fingerprint density at radius 3 is 2.34 bits per heavy atom. The summed E-state index contributed by atoms with van der Waals surface area (Å²) in [6.07, 6.45) is 7.49. The Hall–Kier alpha value is -2.58. The molecule has 1 aromatic carbocycles. The number of carbonyl (C=O) groups excluding carboxylic acids is 3. The van der Waals surface area contributed by atoms with E-state index in [0.717, 1.165) is 37.8 Å². The van der Waals surface area contributed by atoms with Crippen LogP contribution in [0, 0.1) is 17.8 Å². The molecule has 3 aliphatic rings. The van der Waals surface area contributed by atoms with Crippen LogP contribution in [0.25, 0.3) is 0 Å². The Morgan fingerprint density at radius 1 is 1.07 bits per heavy atom. The third kappa shape index (κ3) is 5.62. The number of para-hydroxylation sites is 1. The molecule has 6 atom stereocenters. The van der Waals surface area contributed by atoms with Crippen LogP contribution in [0.1, 0.15) is 59.8 Å². The van der Waals surface area contributed by atoms with Crippen LogP contribution in [-0.2, 0) is 14.4 Å². The summed E-state index contributed by atoms with van der Waals surface area (Å²) in [7, 11) is 0. The molecule has 1 N–H and O–H groups in total. The van der Waals surface area contributed by atoms with E-state index >= 15 is 0 Å². The fourth-order valence-corrected chi connectivity index (χ4v) is 9.69. The van der Waals surface area contributed by atoms with E-state index in [1.807, 2.05) is 60.9 Å². The van der Waals surface area contributed by atoms with Crippen molar-refractivity contribution >= 4 is 35.2 Å². The number of thioether (sulfide) groups is 1. The first-order chi connectivity index (χ1) is 19.5. The van der Waals surface area contributed by atoms with Gasteiger partial charge in [-0.25, -0.2) is 0 Å². The molecule has 0 radical (unpaired) electrons. The van der Waals surface area contributed by atoms with Gasteiger partial charge in [0.25, 0.3) is 0 Å². The van der Waals surface area contributed by atoms with Crippen molar-refractivity contribution in [2.24, 2.45) is 17.8 Å². The number of rotatable bonds is 13. The maximum atomic E-state index is 14.6. The number of benzene rings is 1. The number of aliphatic hydroxyl groups excluding tert-OH is 1. The lowest BCUT2D eigenvalue weighted by molar-refractivity contribution is -0.145. The van der Waals surface area contributed by atoms with Gasteiger partial charge in [0.1, 0.15) is 6.04 Å². The molecule has 0 saturated carbocycles. The number of hydrogen-bond acceptors (Lipinski definition) is 5. The Balaban J connectivity index is 1.76. The largest absolute Gasteiger partial charge is 0.396 e. The molecule has 3 fully saturated rings. The third-order valence-electron chi connectivity index (χ3n) is 9.10. The number of unbranched alkanes of at least 4 members (excludes halogenated alkanes) is 3. The molecule has 7 nitrogen and oxygen atoms in total. The molecule has 1 spiro atoms. The van der Waals surface area contributed by atoms with Gasteiger partial charge in [-0.1, -0.05) is 50.1 Å². The van der Waals surface area contributed by atoms with E-state index in [1.54, 1.807) is 28.8 Å². The number of carbonyl (C=O) groups is 3. The average Bonchev–Trinajstić information content (AvgIpc) is 3.53. The molecule has 8 heteroatoms. The highest BCUT2D eigenvalue weighted by Crippen LogP contribution is 2.69. The van der Waals surface area contributed by atoms with Gasteiger partial charge in [-0.15, -0.1) is 24.9 Å². The van der Waals surface area contributed by atoms with E-state index in [-0.39, 0.29) is 35.5 Å². The normalized spacial score (nSPS) is 28.5. The first-order valence-corrected chi connectivity index (χ1v) is 15.9. The number of amides is 3. The number of hydrogen-bond donors (Lipinski definition) is 1. The fraction of sp³-hybridized carbons (Fsp3) is 0.606. The van der Waals surface area contributed by atoms with Crippen LogP contribution in [0.2, 0.25) is 0 Å². The Bertz CT molecular complexity index is 1140. The molecule has 4 rings (SSSR count). The highest BCUT2D eigenvalue weighted by atomic mass is 32.2. The summed E-state index contributed by atoms with van der Waals surface area (Å²) in [5.74, 6) is -1.12. The number of fused-ring (bicyclic) bond motifs is 1. The van der Waals surface area contributed by atoms with Gasteiger partial charge in [0, 0.05) is 42.7 Å². The second kappa shape index (κ2) is 12.7. The lowest BCUT2D eigenvalue weighted by Gasteiger charge is -2.44. The highest BCUT2D eigenvalue weighted by Gasteiger charge is 2.76. The van der Waals surface area contributed by atoms with Gasteiger partial charge >= 0.3 is 0 Å². The number of anilines is 1. The molecule has 3 aliphatic heterocycles. The van der Waals surface area contributed by atoms with Crippen molar-refractivity contribution in [3.8, 4) is 0 Å². The van der Waals surface area contributed by atoms with Crippen LogP contribution >= 0.6 is 11.8 Å². The maximum absolute atomic E-state index is 14.6. The minimum atomic E-state index is -0.661. The smallest absolute Gasteiger partial charge is 0.247 e. The summed E-state index contributed by atoms with van der Waals surface area (Å²) in [4.78, 5) is 48.9. The van der Waals surface area contributed by atoms with E-state index in [4.69, 9.17) is 0 Å². The van der Waals surface area contributed by atoms with Crippen LogP contribution in [-0.4, -0.2) is 80.4 Å². The molecule has 3 saturated heterocycles. The second-order valence-electron chi connectivity index (χ2n) is 12.7. The molecule has 3 amide bonds. The van der Waals surface area contributed by atoms with Crippen LogP contribution in [0.5, 0.6) is 0 Å². The van der Waals surface area contributed by atoms with Crippen molar-refractivity contribution in [2.45, 2.75) is 81.4 Å². The summed E-state index contributed by atoms with van der Waals surface area (Å²) in [6, 6.07) is 8.93. The van der Waals surface area contributed by atoms with Crippen LogP contribution < -0.4 is 4.90 Å². The number of likely N-dealkylation sites (tertiary alicyclic amines) is 1. The molecule has 3 heterocycles. The van der Waals surface area contributed by atoms with Crippen molar-refractivity contribution in [3.05, 3.63) is 55.6 Å². The predicted octanol–water partition coefficient (Wildman–Crippen LogP) is 4.91. The van der Waals surface area contributed by atoms with Gasteiger partial charge in [-0.3, -0.25) is 14.4 Å². The lowest BCUT2D eigenvalue weighted by Crippen LogP contribution is -2.60. The Labute approximate surface area is 250 Å². The molecular formula is C33H47N3O4S. The first kappa shape index (κ1) is 31.4. The molecule has 1 aromatic rings. The quantitative estimate of drug-likeness (QED) is 0.265. The van der Waals surface area contributed by atoms with Crippen molar-refractivity contribution in [3.63, 3.8) is 0 Å². The zero-order valence-electron chi connectivity index (χ0n) is 25.1. The molecular weight excluding hydrogens is 534 g/mol. The number of aliphatic hydroxyl groups is 1. The highest BCUT2D eigenvalue weighted by molar-refractivity contribution is 8.02. The lowest BCUT2D eigenvalue weighted by atomic mass is 9.65. The minimum Gasteiger partial charge on any atom is -0.396 e. The van der Waals surface area contributed by atoms with Crippen LogP contribution in [0.15, 0.2) is 55.6 Å². The van der Waals surface area contributed by atoms with E-state index < -0.39 is 28.2 Å². The summed E-state index contributed by atoms with van der Waals surface area (Å²) in [5.41, 5.74) is 0.333. The summed E-state index contributed by atoms with van der Waals surface area (Å²) >= 11 is 1.72. The zero-order valence-corrected chi connectivity index (χ0v) is 25.9. The fourth-order valence-electron chi connectivity index (χ4n) is 7.28. The van der Waals surface area contributed by atoms with Gasteiger partial charge in [0.05, 0.1) is 16.6 Å². The van der Waals surface area contributed by atoms with Crippen molar-refractivity contribution in [1.82, 2.24) is 9.80 Å². The minimum absolute atomic E-state index is 0.0213. The third-order valence-corrected chi connectivity index (χ3v) is 11.2. The van der Waals surface area contributed by atoms with Gasteiger partial charge in [-0.05, 0) is 58.1 Å². The van der Waals surface area contributed by atoms with Crippen molar-refractivity contribution in [1.29, 1.82) is 0 Å². The summed E-state index contributed by atoms with van der Waals surface area (Å²) in [5, 5.41) is 9.19. The second-order valence-corrected chi connectivity index (χ2v) is 14.3. The zero-order chi connectivity index (χ0) is 29.9. The molecule has 224 valence electrons. The van der Waals surface area contributed by atoms with Gasteiger partial charge in [0.2, 0.25) is 17.7 Å². The molecule has 3 unspecified atom stereocenters. The summed E-state index contributed by atoms with van der Waals surface area (Å²) in [6.45, 7) is 17.4. The van der Waals surface area contributed by atoms with Gasteiger partial charge in [0.15, 0.2) is 0 Å². The Morgan fingerprint density at radius 2 is 1.73 bits per heavy atom. The first-order valence-electron chi connectivity index (χ1n) is 15.0. The van der Waals surface area contributed by atoms with E-state index in [9.17, 15) is 19.5 Å². The van der Waals surface area contributed by atoms with Crippen molar-refractivity contribution in [2.75, 3.05) is 31.1 Å². The molecule has 0 aliphatic carbocycles. The van der Waals surface area contributed by atoms with Crippen molar-refractivity contribution < 1.29 is 19.5 Å². The van der Waals surface area contributed by atoms with E-state index in [0.29, 0.717) is 19.6 Å². The molecule has 0 aromatic heterocycles. The SMILES string of the molecule is C=CCN(C(=O)[C@@H]1[C@@H]2CC(C)C3(S2)C(C(=O)N(CC=C)C(C)(C)C)N(CCCCCCO)C(=O)[C@H]13)c1ccccc1. The van der Waals surface area contributed by atoms with Crippen LogP contribution in [0.3, 0.4) is 0 Å². The van der Waals surface area contributed by atoms with E-state index in [2.05, 4.69) is 20.1 Å². The van der Waals surface area contributed by atoms with E-state index in [1.165, 1.54) is 0 Å². The van der Waals surface area contributed by atoms with Gasteiger partial charge in [-0.2, -0.15) is 0 Å². The monoisotopic (exact) mass is 581 g/mol. The average molecular weight is 582 g/mol. The number of nitrogens with zero attached hydrogens (tertiary/aromatic N) is 3. The summed E-state index contributed by atoms with van der Waals surface area (Å²) < 4.78 is -0.661. The topological polar surface area (TPSA) is 81.2 Å².